The van der Waals surface area contributed by atoms with Crippen molar-refractivity contribution in [2.45, 2.75) is 199 Å². The molecule has 4 heterocycles. The molecule has 2 fully saturated rings. The number of hydrogen-bond acceptors (Lipinski definition) is 15. The highest BCUT2D eigenvalue weighted by Gasteiger charge is 2.53. The lowest BCUT2D eigenvalue weighted by Crippen LogP contribution is -2.52. The van der Waals surface area contributed by atoms with Crippen LogP contribution in [-0.2, 0) is 52.3 Å². The van der Waals surface area contributed by atoms with Crippen molar-refractivity contribution >= 4 is 17.9 Å². The number of aliphatic hydroxyl groups excluding tert-OH is 4. The Morgan fingerprint density at radius 1 is 0.757 bits per heavy atom. The van der Waals surface area contributed by atoms with E-state index in [2.05, 4.69) is 13.8 Å². The first kappa shape index (κ1) is 59.1. The molecule has 4 aliphatic heterocycles. The summed E-state index contributed by atoms with van der Waals surface area (Å²) >= 11 is 0. The van der Waals surface area contributed by atoms with Crippen LogP contribution in [-0.4, -0.2) is 139 Å². The number of aliphatic hydroxyl groups is 4. The highest BCUT2D eigenvalue weighted by atomic mass is 16.7. The molecule has 0 aromatic rings. The van der Waals surface area contributed by atoms with Gasteiger partial charge in [0.15, 0.2) is 0 Å². The van der Waals surface area contributed by atoms with Crippen molar-refractivity contribution in [1.82, 2.24) is 0 Å². The van der Waals surface area contributed by atoms with Gasteiger partial charge < -0.3 is 58.3 Å². The van der Waals surface area contributed by atoms with Crippen LogP contribution in [0.15, 0.2) is 72.4 Å². The van der Waals surface area contributed by atoms with Crippen LogP contribution in [0.1, 0.15) is 120 Å². The number of methoxy groups -OCH3 is 3. The van der Waals surface area contributed by atoms with Crippen molar-refractivity contribution in [1.29, 1.82) is 0 Å². The summed E-state index contributed by atoms with van der Waals surface area (Å²) in [5.74, 6) is -6.35. The zero-order valence-corrected chi connectivity index (χ0v) is 43.6. The summed E-state index contributed by atoms with van der Waals surface area (Å²) in [4.78, 5) is 42.1. The van der Waals surface area contributed by atoms with Gasteiger partial charge in [-0.1, -0.05) is 110 Å². The standard InChI is InChI=1S/C55H86O15/c1-12-19-36(5)51-53(68-51)52(65-11)39(8)45-22-18-27-55(69-45)32-48-38(7)44(59)30-42(57)33(2)20-16-14-13-15-17-21-46(64-10)47(67-54(62)37(6)28-50(61)66-48)31-43(58)34(3)23-25-40(63-9)29-41(56)35(4)24-26-49(60)70-55/h13-17,20,23-26,28,33-36,38-48,51-53,56-59H,12,18-19,21-22,27,29-32H2,1-11H3/b14-13+,17-15+,20-16+,25-23-,26-24-,37-28-/t33-,34+,35+,36?,38+,39?,40-,41+,42+,43+,44+,45-,46+,47+,48-,51+,52?,53-,55+/m1/s1. The molecule has 15 nitrogen and oxygen atoms in total. The van der Waals surface area contributed by atoms with Crippen molar-refractivity contribution in [3.8, 4) is 0 Å². The summed E-state index contributed by atoms with van der Waals surface area (Å²) in [5.41, 5.74) is -0.0959. The second-order valence-electron chi connectivity index (χ2n) is 20.4. The maximum Gasteiger partial charge on any atom is 0.334 e. The smallest absolute Gasteiger partial charge is 0.334 e. The number of carbonyl (C=O) groups is 3. The van der Waals surface area contributed by atoms with E-state index in [0.717, 1.165) is 18.9 Å². The van der Waals surface area contributed by atoms with E-state index in [-0.39, 0.29) is 67.8 Å². The first-order valence-corrected chi connectivity index (χ1v) is 25.6. The van der Waals surface area contributed by atoms with Crippen LogP contribution in [0.3, 0.4) is 0 Å². The average Bonchev–Trinajstić information content (AvgIpc) is 4.12. The number of carbonyl (C=O) groups excluding carboxylic acids is 3. The van der Waals surface area contributed by atoms with Gasteiger partial charge in [-0.3, -0.25) is 0 Å². The van der Waals surface area contributed by atoms with E-state index in [4.69, 9.17) is 37.9 Å². The third-order valence-electron chi connectivity index (χ3n) is 14.8. The lowest BCUT2D eigenvalue weighted by atomic mass is 9.83. The molecule has 4 aliphatic rings. The molecule has 0 aromatic heterocycles. The Morgan fingerprint density at radius 3 is 2.11 bits per heavy atom. The predicted molar refractivity (Wildman–Crippen MR) is 265 cm³/mol. The Labute approximate surface area is 417 Å². The fourth-order valence-electron chi connectivity index (χ4n) is 9.78. The van der Waals surface area contributed by atoms with Gasteiger partial charge in [-0.15, -0.1) is 0 Å². The van der Waals surface area contributed by atoms with Crippen LogP contribution in [0.25, 0.3) is 0 Å². The van der Waals surface area contributed by atoms with Gasteiger partial charge in [0.25, 0.3) is 0 Å². The molecule has 2 bridgehead atoms. The Bertz CT molecular complexity index is 1820. The number of rotatable bonds is 9. The molecule has 4 rings (SSSR count). The number of ether oxygens (including phenoxy) is 8. The first-order valence-electron chi connectivity index (χ1n) is 25.6. The van der Waals surface area contributed by atoms with E-state index in [1.54, 1.807) is 51.3 Å². The first-order chi connectivity index (χ1) is 33.3. The summed E-state index contributed by atoms with van der Waals surface area (Å²) in [7, 11) is 4.66. The Balaban J connectivity index is 1.85. The molecule has 0 radical (unpaired) electrons. The minimum absolute atomic E-state index is 0.0210. The number of esters is 3. The maximum absolute atomic E-state index is 14.1. The van der Waals surface area contributed by atoms with Crippen molar-refractivity contribution in [3.05, 3.63) is 72.4 Å². The summed E-state index contributed by atoms with van der Waals surface area (Å²) in [5, 5.41) is 46.0. The number of fused-ring (bicyclic) bond motifs is 6. The van der Waals surface area contributed by atoms with Gasteiger partial charge in [-0.2, -0.15) is 0 Å². The third kappa shape index (κ3) is 17.6. The zero-order chi connectivity index (χ0) is 51.7. The quantitative estimate of drug-likeness (QED) is 0.0780. The van der Waals surface area contributed by atoms with Crippen LogP contribution >= 0.6 is 0 Å². The minimum Gasteiger partial charge on any atom is -0.459 e. The van der Waals surface area contributed by atoms with E-state index in [0.29, 0.717) is 25.2 Å². The maximum atomic E-state index is 14.1. The van der Waals surface area contributed by atoms with Crippen LogP contribution in [0.2, 0.25) is 0 Å². The number of epoxide rings is 1. The van der Waals surface area contributed by atoms with Gasteiger partial charge in [0.2, 0.25) is 5.79 Å². The highest BCUT2D eigenvalue weighted by Crippen LogP contribution is 2.44. The van der Waals surface area contributed by atoms with Gasteiger partial charge in [-0.25, -0.2) is 14.4 Å². The number of allylic oxidation sites excluding steroid dienone is 4. The molecule has 3 unspecified atom stereocenters. The lowest BCUT2D eigenvalue weighted by molar-refractivity contribution is -0.289. The van der Waals surface area contributed by atoms with Crippen LogP contribution in [0.5, 0.6) is 0 Å². The fourth-order valence-corrected chi connectivity index (χ4v) is 9.78. The van der Waals surface area contributed by atoms with Crippen LogP contribution < -0.4 is 0 Å². The summed E-state index contributed by atoms with van der Waals surface area (Å²) in [6, 6.07) is 0. The zero-order valence-electron chi connectivity index (χ0n) is 43.6. The van der Waals surface area contributed by atoms with Gasteiger partial charge in [0, 0.05) is 94.3 Å². The molecule has 70 heavy (non-hydrogen) atoms. The van der Waals surface area contributed by atoms with E-state index in [1.165, 1.54) is 27.2 Å². The summed E-state index contributed by atoms with van der Waals surface area (Å²) in [6.45, 7) is 14.9. The van der Waals surface area contributed by atoms with Crippen molar-refractivity contribution in [3.63, 3.8) is 0 Å². The number of hydrogen-bond donors (Lipinski definition) is 4. The van der Waals surface area contributed by atoms with Crippen LogP contribution in [0.4, 0.5) is 0 Å². The van der Waals surface area contributed by atoms with Gasteiger partial charge in [-0.05, 0) is 38.5 Å². The minimum atomic E-state index is -1.70. The molecule has 1 spiro atoms. The van der Waals surface area contributed by atoms with Gasteiger partial charge >= 0.3 is 17.9 Å². The third-order valence-corrected chi connectivity index (χ3v) is 14.8. The monoisotopic (exact) mass is 987 g/mol. The fraction of sp³-hybridized carbons (Fsp3) is 0.727. The predicted octanol–water partition coefficient (Wildman–Crippen LogP) is 7.20. The van der Waals surface area contributed by atoms with E-state index >= 15 is 0 Å². The normalized spacial score (nSPS) is 41.5. The Morgan fingerprint density at radius 2 is 1.43 bits per heavy atom. The molecule has 0 amide bonds. The molecule has 19 atom stereocenters. The molecule has 0 saturated carbocycles. The van der Waals surface area contributed by atoms with E-state index in [1.807, 2.05) is 45.1 Å². The second kappa shape index (κ2) is 28.7. The topological polar surface area (TPSA) is 209 Å². The van der Waals surface area contributed by atoms with E-state index < -0.39 is 96.4 Å². The van der Waals surface area contributed by atoms with Gasteiger partial charge in [0.1, 0.15) is 18.3 Å². The average molecular weight is 987 g/mol. The molecule has 0 aliphatic carbocycles. The van der Waals surface area contributed by atoms with Crippen molar-refractivity contribution in [2.75, 3.05) is 21.3 Å². The van der Waals surface area contributed by atoms with Gasteiger partial charge in [0.05, 0.1) is 61.4 Å². The second-order valence-corrected chi connectivity index (χ2v) is 20.4. The largest absolute Gasteiger partial charge is 0.459 e. The summed E-state index contributed by atoms with van der Waals surface area (Å²) in [6.07, 6.45) is 13.3. The molecular weight excluding hydrogens is 901 g/mol. The molecule has 0 aromatic carbocycles. The summed E-state index contributed by atoms with van der Waals surface area (Å²) < 4.78 is 49.4. The molecule has 396 valence electrons. The Kier molecular flexibility index (Phi) is 24.2. The van der Waals surface area contributed by atoms with Crippen molar-refractivity contribution in [2.24, 2.45) is 35.5 Å². The molecule has 4 N–H and O–H groups in total. The highest BCUT2D eigenvalue weighted by molar-refractivity contribution is 5.96. The molecule has 2 saturated heterocycles. The van der Waals surface area contributed by atoms with E-state index in [9.17, 15) is 34.8 Å². The molecule has 15 heteroatoms. The van der Waals surface area contributed by atoms with Crippen molar-refractivity contribution < 1.29 is 72.7 Å². The van der Waals surface area contributed by atoms with Crippen LogP contribution in [0, 0.1) is 35.5 Å². The SMILES string of the molecule is CCCC(C)[C@@H]1O[C@H]1C(OC)C(C)[C@H]1CCC[C@]2(C[C@H]3OC(=O)/C=C(/C)C(=O)O[C@@H](C[C@H](O)[C@@H](C)/C=C\[C@@H](OC)C[C@H](O)[C@@H](C)/C=C\C(=O)O2)[C@@H](OC)C/C=C/C=C/C=C/[C@@H](C)[C@@H](O)C[C@H](O)[C@@H]3C)O1. The Hall–Kier alpha value is -3.51. The lowest BCUT2D eigenvalue weighted by Gasteiger charge is -2.45. The molecular formula is C55H86O15.